The van der Waals surface area contributed by atoms with Crippen LogP contribution in [0.2, 0.25) is 0 Å². The Balaban J connectivity index is 1.66. The molecule has 4 atom stereocenters. The van der Waals surface area contributed by atoms with E-state index in [0.717, 1.165) is 32.1 Å². The summed E-state index contributed by atoms with van der Waals surface area (Å²) in [7, 11) is 1.43. The molecule has 0 aromatic heterocycles. The maximum absolute atomic E-state index is 11.2. The Kier molecular flexibility index (Phi) is 2.44. The van der Waals surface area contributed by atoms with Crippen LogP contribution in [0.4, 0.5) is 0 Å². The van der Waals surface area contributed by atoms with E-state index in [-0.39, 0.29) is 23.8 Å². The van der Waals surface area contributed by atoms with Crippen LogP contribution in [0, 0.1) is 0 Å². The zero-order valence-electron chi connectivity index (χ0n) is 9.61. The zero-order chi connectivity index (χ0) is 11.2. The van der Waals surface area contributed by atoms with Crippen molar-refractivity contribution in [1.82, 2.24) is 0 Å². The fourth-order valence-corrected chi connectivity index (χ4v) is 3.41. The van der Waals surface area contributed by atoms with Crippen molar-refractivity contribution in [1.29, 1.82) is 0 Å². The van der Waals surface area contributed by atoms with Gasteiger partial charge in [0, 0.05) is 6.42 Å². The summed E-state index contributed by atoms with van der Waals surface area (Å²) < 4.78 is 16.7. The van der Waals surface area contributed by atoms with Gasteiger partial charge in [-0.15, -0.1) is 0 Å². The molecule has 3 aliphatic rings. The number of fused-ring (bicyclic) bond motifs is 1. The van der Waals surface area contributed by atoms with Crippen LogP contribution < -0.4 is 0 Å². The lowest BCUT2D eigenvalue weighted by Gasteiger charge is -2.42. The van der Waals surface area contributed by atoms with E-state index in [1.54, 1.807) is 0 Å². The number of carbonyl (C=O) groups excluding carboxylic acids is 1. The summed E-state index contributed by atoms with van der Waals surface area (Å²) in [4.78, 5) is 11.2. The minimum absolute atomic E-state index is 0.0316. The Bertz CT molecular complexity index is 303. The molecule has 3 rings (SSSR count). The van der Waals surface area contributed by atoms with Crippen LogP contribution in [-0.4, -0.2) is 37.0 Å². The average molecular weight is 226 g/mol. The van der Waals surface area contributed by atoms with E-state index >= 15 is 0 Å². The number of hydrogen-bond donors (Lipinski definition) is 0. The van der Waals surface area contributed by atoms with E-state index in [2.05, 4.69) is 0 Å². The van der Waals surface area contributed by atoms with Crippen LogP contribution in [0.1, 0.15) is 38.5 Å². The van der Waals surface area contributed by atoms with Crippen molar-refractivity contribution in [2.45, 2.75) is 62.4 Å². The Labute approximate surface area is 95.2 Å². The maximum Gasteiger partial charge on any atom is 0.308 e. The smallest absolute Gasteiger partial charge is 0.308 e. The van der Waals surface area contributed by atoms with E-state index in [9.17, 15) is 4.79 Å². The molecule has 4 heteroatoms. The highest BCUT2D eigenvalue weighted by Crippen LogP contribution is 2.51. The van der Waals surface area contributed by atoms with Crippen molar-refractivity contribution in [3.05, 3.63) is 0 Å². The Hall–Kier alpha value is -0.610. The molecule has 0 aromatic rings. The summed E-state index contributed by atoms with van der Waals surface area (Å²) in [5, 5.41) is 0. The molecule has 2 aliphatic heterocycles. The van der Waals surface area contributed by atoms with Crippen molar-refractivity contribution < 1.29 is 19.0 Å². The first kappa shape index (κ1) is 10.5. The van der Waals surface area contributed by atoms with Gasteiger partial charge in [0.2, 0.25) is 0 Å². The highest BCUT2D eigenvalue weighted by Gasteiger charge is 2.57. The molecule has 90 valence electrons. The molecule has 3 unspecified atom stereocenters. The largest absolute Gasteiger partial charge is 0.469 e. The molecular formula is C12H18O4. The van der Waals surface area contributed by atoms with Crippen LogP contribution >= 0.6 is 0 Å². The molecule has 3 fully saturated rings. The Morgan fingerprint density at radius 2 is 2.31 bits per heavy atom. The minimum Gasteiger partial charge on any atom is -0.469 e. The second-order valence-corrected chi connectivity index (χ2v) is 5.15. The van der Waals surface area contributed by atoms with Crippen molar-refractivity contribution in [3.8, 4) is 0 Å². The second-order valence-electron chi connectivity index (χ2n) is 5.15. The zero-order valence-corrected chi connectivity index (χ0v) is 9.61. The molecule has 4 nitrogen and oxygen atoms in total. The summed E-state index contributed by atoms with van der Waals surface area (Å²) in [5.41, 5.74) is -0.0679. The molecule has 1 saturated carbocycles. The molecule has 1 aliphatic carbocycles. The fourth-order valence-electron chi connectivity index (χ4n) is 3.41. The minimum atomic E-state index is -0.173. The van der Waals surface area contributed by atoms with Gasteiger partial charge in [0.15, 0.2) is 0 Å². The average Bonchev–Trinajstić information content (AvgIpc) is 2.83. The molecule has 0 N–H and O–H groups in total. The lowest BCUT2D eigenvalue weighted by molar-refractivity contribution is -0.187. The summed E-state index contributed by atoms with van der Waals surface area (Å²) in [5.74, 6) is -0.173. The Morgan fingerprint density at radius 3 is 3.06 bits per heavy atom. The van der Waals surface area contributed by atoms with Crippen molar-refractivity contribution in [2.75, 3.05) is 7.11 Å². The van der Waals surface area contributed by atoms with Gasteiger partial charge in [-0.3, -0.25) is 4.79 Å². The van der Waals surface area contributed by atoms with E-state index in [0.29, 0.717) is 12.5 Å². The number of rotatable bonds is 2. The third kappa shape index (κ3) is 1.55. The predicted molar refractivity (Wildman–Crippen MR) is 56.0 cm³/mol. The van der Waals surface area contributed by atoms with E-state index in [1.807, 2.05) is 0 Å². The Morgan fingerprint density at radius 1 is 1.44 bits per heavy atom. The van der Waals surface area contributed by atoms with E-state index < -0.39 is 0 Å². The molecule has 1 spiro atoms. The molecule has 0 radical (unpaired) electrons. The molecular weight excluding hydrogens is 208 g/mol. The van der Waals surface area contributed by atoms with E-state index in [4.69, 9.17) is 14.2 Å². The normalized spacial score (nSPS) is 45.4. The number of carbonyl (C=O) groups is 1. The molecule has 2 saturated heterocycles. The van der Waals surface area contributed by atoms with Gasteiger partial charge in [0.25, 0.3) is 0 Å². The quantitative estimate of drug-likeness (QED) is 0.668. The van der Waals surface area contributed by atoms with Gasteiger partial charge in [-0.2, -0.15) is 0 Å². The summed E-state index contributed by atoms with van der Waals surface area (Å²) in [6.07, 6.45) is 6.27. The topological polar surface area (TPSA) is 44.8 Å². The highest BCUT2D eigenvalue weighted by atomic mass is 16.6. The molecule has 0 amide bonds. The number of esters is 1. The van der Waals surface area contributed by atoms with Crippen LogP contribution in [0.25, 0.3) is 0 Å². The van der Waals surface area contributed by atoms with Crippen LogP contribution in [0.15, 0.2) is 0 Å². The summed E-state index contributed by atoms with van der Waals surface area (Å²) >= 11 is 0. The van der Waals surface area contributed by atoms with Gasteiger partial charge in [-0.1, -0.05) is 0 Å². The van der Waals surface area contributed by atoms with Crippen molar-refractivity contribution >= 4 is 5.97 Å². The highest BCUT2D eigenvalue weighted by molar-refractivity contribution is 5.69. The van der Waals surface area contributed by atoms with Gasteiger partial charge < -0.3 is 14.2 Å². The van der Waals surface area contributed by atoms with Gasteiger partial charge in [0.1, 0.15) is 0 Å². The first-order valence-corrected chi connectivity index (χ1v) is 6.12. The first-order chi connectivity index (χ1) is 7.72. The third-order valence-corrected chi connectivity index (χ3v) is 4.18. The lowest BCUT2D eigenvalue weighted by atomic mass is 9.87. The molecule has 2 bridgehead atoms. The third-order valence-electron chi connectivity index (χ3n) is 4.18. The molecule has 0 aromatic carbocycles. The first-order valence-electron chi connectivity index (χ1n) is 6.12. The van der Waals surface area contributed by atoms with Gasteiger partial charge in [0.05, 0.1) is 37.4 Å². The second kappa shape index (κ2) is 3.70. The predicted octanol–water partition coefficient (Wildman–Crippen LogP) is 1.42. The van der Waals surface area contributed by atoms with E-state index in [1.165, 1.54) is 7.11 Å². The number of hydrogen-bond acceptors (Lipinski definition) is 4. The number of ether oxygens (including phenoxy) is 3. The van der Waals surface area contributed by atoms with Crippen molar-refractivity contribution in [3.63, 3.8) is 0 Å². The number of methoxy groups -OCH3 is 1. The van der Waals surface area contributed by atoms with Gasteiger partial charge in [-0.25, -0.2) is 0 Å². The lowest BCUT2D eigenvalue weighted by Crippen LogP contribution is -2.48. The van der Waals surface area contributed by atoms with Crippen molar-refractivity contribution in [2.24, 2.45) is 0 Å². The molecule has 2 heterocycles. The fraction of sp³-hybridized carbons (Fsp3) is 0.917. The van der Waals surface area contributed by atoms with Crippen LogP contribution in [0.5, 0.6) is 0 Å². The summed E-state index contributed by atoms with van der Waals surface area (Å²) in [6, 6.07) is 0. The van der Waals surface area contributed by atoms with Gasteiger partial charge >= 0.3 is 5.97 Å². The monoisotopic (exact) mass is 226 g/mol. The van der Waals surface area contributed by atoms with Gasteiger partial charge in [-0.05, 0) is 25.7 Å². The maximum atomic E-state index is 11.2. The standard InChI is InChI=1S/C12H18O4/c1-14-11(13)6-8-2-3-10-12(16-8)5-4-9(7-12)15-10/h8-10H,2-7H2,1H3/t8?,9-,10?,12?/m0/s1. The SMILES string of the molecule is COC(=O)CC1CCC2O[C@H]3CCC2(C3)O1. The summed E-state index contributed by atoms with van der Waals surface area (Å²) in [6.45, 7) is 0. The van der Waals surface area contributed by atoms with Crippen LogP contribution in [-0.2, 0) is 19.0 Å². The van der Waals surface area contributed by atoms with Crippen LogP contribution in [0.3, 0.4) is 0 Å². The molecule has 16 heavy (non-hydrogen) atoms.